The summed E-state index contributed by atoms with van der Waals surface area (Å²) in [5.41, 5.74) is 5.56. The number of rotatable bonds is 4. The summed E-state index contributed by atoms with van der Waals surface area (Å²) in [6.45, 7) is 2.74. The van der Waals surface area contributed by atoms with Crippen molar-refractivity contribution >= 4 is 12.4 Å². The van der Waals surface area contributed by atoms with Gasteiger partial charge in [-0.3, -0.25) is 0 Å². The van der Waals surface area contributed by atoms with Crippen molar-refractivity contribution in [1.29, 1.82) is 0 Å². The maximum absolute atomic E-state index is 5.62. The molecule has 0 aromatic carbocycles. The van der Waals surface area contributed by atoms with Crippen LogP contribution in [0.4, 0.5) is 0 Å². The first-order valence-electron chi connectivity index (χ1n) is 4.45. The van der Waals surface area contributed by atoms with E-state index in [1.54, 1.807) is 7.11 Å². The van der Waals surface area contributed by atoms with Crippen molar-refractivity contribution < 1.29 is 4.74 Å². The molecule has 12 heavy (non-hydrogen) atoms. The molecule has 0 aliphatic heterocycles. The summed E-state index contributed by atoms with van der Waals surface area (Å²) in [5, 5.41) is 0. The van der Waals surface area contributed by atoms with Gasteiger partial charge in [-0.25, -0.2) is 0 Å². The molecule has 0 heterocycles. The highest BCUT2D eigenvalue weighted by atomic mass is 35.5. The van der Waals surface area contributed by atoms with E-state index in [4.69, 9.17) is 10.5 Å². The summed E-state index contributed by atoms with van der Waals surface area (Å²) >= 11 is 0. The summed E-state index contributed by atoms with van der Waals surface area (Å²) in [4.78, 5) is 0. The molecule has 0 bridgehead atoms. The highest BCUT2D eigenvalue weighted by Crippen LogP contribution is 2.34. The Morgan fingerprint density at radius 1 is 1.50 bits per heavy atom. The third kappa shape index (κ3) is 2.92. The second-order valence-electron chi connectivity index (χ2n) is 3.86. The van der Waals surface area contributed by atoms with Crippen LogP contribution in [0.2, 0.25) is 0 Å². The van der Waals surface area contributed by atoms with Gasteiger partial charge in [0.2, 0.25) is 0 Å². The average molecular weight is 194 g/mol. The van der Waals surface area contributed by atoms with E-state index < -0.39 is 0 Å². The standard InChI is InChI=1S/C9H19NO.ClH/c1-9(7-10,11-2)6-8-4-3-5-8;/h8H,3-7,10H2,1-2H3;1H. The lowest BCUT2D eigenvalue weighted by Crippen LogP contribution is -2.39. The van der Waals surface area contributed by atoms with Crippen LogP contribution in [0, 0.1) is 5.92 Å². The van der Waals surface area contributed by atoms with Crippen LogP contribution in [0.15, 0.2) is 0 Å². The molecule has 1 unspecified atom stereocenters. The Bertz CT molecular complexity index is 122. The summed E-state index contributed by atoms with van der Waals surface area (Å²) in [7, 11) is 1.76. The van der Waals surface area contributed by atoms with Gasteiger partial charge in [0.25, 0.3) is 0 Å². The van der Waals surface area contributed by atoms with E-state index in [1.165, 1.54) is 19.3 Å². The van der Waals surface area contributed by atoms with Crippen LogP contribution in [0.3, 0.4) is 0 Å². The van der Waals surface area contributed by atoms with Crippen LogP contribution in [0.1, 0.15) is 32.6 Å². The van der Waals surface area contributed by atoms with Crippen LogP contribution < -0.4 is 5.73 Å². The fourth-order valence-corrected chi connectivity index (χ4v) is 1.56. The SMILES string of the molecule is COC(C)(CN)CC1CCC1.Cl. The van der Waals surface area contributed by atoms with Crippen molar-refractivity contribution in [3.63, 3.8) is 0 Å². The molecule has 1 aliphatic carbocycles. The van der Waals surface area contributed by atoms with Crippen LogP contribution in [-0.2, 0) is 4.74 Å². The Morgan fingerprint density at radius 3 is 2.33 bits per heavy atom. The van der Waals surface area contributed by atoms with Crippen molar-refractivity contribution in [3.8, 4) is 0 Å². The van der Waals surface area contributed by atoms with Gasteiger partial charge in [-0.1, -0.05) is 19.3 Å². The second-order valence-corrected chi connectivity index (χ2v) is 3.86. The minimum Gasteiger partial charge on any atom is -0.377 e. The van der Waals surface area contributed by atoms with Gasteiger partial charge in [0.05, 0.1) is 5.60 Å². The van der Waals surface area contributed by atoms with E-state index >= 15 is 0 Å². The van der Waals surface area contributed by atoms with Gasteiger partial charge in [-0.15, -0.1) is 12.4 Å². The predicted octanol–water partition coefficient (Wildman–Crippen LogP) is 1.96. The van der Waals surface area contributed by atoms with E-state index in [1.807, 2.05) is 0 Å². The largest absolute Gasteiger partial charge is 0.377 e. The lowest BCUT2D eigenvalue weighted by atomic mass is 9.78. The fourth-order valence-electron chi connectivity index (χ4n) is 1.56. The summed E-state index contributed by atoms with van der Waals surface area (Å²) in [5.74, 6) is 0.878. The molecule has 74 valence electrons. The maximum atomic E-state index is 5.62. The minimum atomic E-state index is -0.0644. The van der Waals surface area contributed by atoms with E-state index in [2.05, 4.69) is 6.92 Å². The zero-order valence-corrected chi connectivity index (χ0v) is 8.82. The predicted molar refractivity (Wildman–Crippen MR) is 53.7 cm³/mol. The topological polar surface area (TPSA) is 35.2 Å². The van der Waals surface area contributed by atoms with Crippen LogP contribution >= 0.6 is 12.4 Å². The molecule has 0 aromatic heterocycles. The van der Waals surface area contributed by atoms with Gasteiger partial charge in [0.1, 0.15) is 0 Å². The van der Waals surface area contributed by atoms with Gasteiger partial charge in [0, 0.05) is 13.7 Å². The molecule has 0 amide bonds. The van der Waals surface area contributed by atoms with Gasteiger partial charge in [-0.2, -0.15) is 0 Å². The normalized spacial score (nSPS) is 22.2. The monoisotopic (exact) mass is 193 g/mol. The molecule has 1 fully saturated rings. The number of halogens is 1. The first-order chi connectivity index (χ1) is 5.20. The molecular formula is C9H20ClNO. The first kappa shape index (κ1) is 12.2. The summed E-state index contributed by atoms with van der Waals surface area (Å²) in [6, 6.07) is 0. The third-order valence-corrected chi connectivity index (χ3v) is 2.87. The van der Waals surface area contributed by atoms with E-state index in [-0.39, 0.29) is 18.0 Å². The van der Waals surface area contributed by atoms with Gasteiger partial charge in [-0.05, 0) is 19.3 Å². The van der Waals surface area contributed by atoms with Gasteiger partial charge < -0.3 is 10.5 Å². The van der Waals surface area contributed by atoms with E-state index in [9.17, 15) is 0 Å². The van der Waals surface area contributed by atoms with E-state index in [0.717, 1.165) is 12.3 Å². The molecule has 1 rings (SSSR count). The van der Waals surface area contributed by atoms with Crippen LogP contribution in [-0.4, -0.2) is 19.3 Å². The fraction of sp³-hybridized carbons (Fsp3) is 1.00. The van der Waals surface area contributed by atoms with Crippen molar-refractivity contribution in [1.82, 2.24) is 0 Å². The minimum absolute atomic E-state index is 0. The second kappa shape index (κ2) is 5.05. The van der Waals surface area contributed by atoms with Crippen LogP contribution in [0.25, 0.3) is 0 Å². The number of methoxy groups -OCH3 is 1. The Labute approximate surface area is 81.3 Å². The number of nitrogens with two attached hydrogens (primary N) is 1. The molecule has 1 saturated carbocycles. The molecule has 0 aromatic rings. The summed E-state index contributed by atoms with van der Waals surface area (Å²) in [6.07, 6.45) is 5.28. The van der Waals surface area contributed by atoms with Crippen molar-refractivity contribution in [2.45, 2.75) is 38.2 Å². The van der Waals surface area contributed by atoms with Crippen molar-refractivity contribution in [2.75, 3.05) is 13.7 Å². The summed E-state index contributed by atoms with van der Waals surface area (Å²) < 4.78 is 5.37. The number of ether oxygens (including phenoxy) is 1. The molecule has 2 nitrogen and oxygen atoms in total. The molecular weight excluding hydrogens is 174 g/mol. The quantitative estimate of drug-likeness (QED) is 0.741. The Balaban J connectivity index is 0.00000121. The molecule has 3 heteroatoms. The Hall–Kier alpha value is 0.210. The van der Waals surface area contributed by atoms with Crippen molar-refractivity contribution in [2.24, 2.45) is 11.7 Å². The van der Waals surface area contributed by atoms with E-state index in [0.29, 0.717) is 6.54 Å². The highest BCUT2D eigenvalue weighted by Gasteiger charge is 2.29. The maximum Gasteiger partial charge on any atom is 0.0775 e. The molecule has 2 N–H and O–H groups in total. The van der Waals surface area contributed by atoms with Crippen LogP contribution in [0.5, 0.6) is 0 Å². The highest BCUT2D eigenvalue weighted by molar-refractivity contribution is 5.85. The smallest absolute Gasteiger partial charge is 0.0775 e. The molecule has 0 spiro atoms. The zero-order valence-electron chi connectivity index (χ0n) is 8.01. The molecule has 1 atom stereocenters. The average Bonchev–Trinajstić information content (AvgIpc) is 1.97. The number of hydrogen-bond acceptors (Lipinski definition) is 2. The van der Waals surface area contributed by atoms with Gasteiger partial charge in [0.15, 0.2) is 0 Å². The molecule has 0 saturated heterocycles. The number of hydrogen-bond donors (Lipinski definition) is 1. The third-order valence-electron chi connectivity index (χ3n) is 2.87. The molecule has 0 radical (unpaired) electrons. The Kier molecular flexibility index (Phi) is 5.14. The van der Waals surface area contributed by atoms with Gasteiger partial charge >= 0.3 is 0 Å². The lowest BCUT2D eigenvalue weighted by Gasteiger charge is -2.35. The Morgan fingerprint density at radius 2 is 2.08 bits per heavy atom. The van der Waals surface area contributed by atoms with Crippen molar-refractivity contribution in [3.05, 3.63) is 0 Å². The molecule has 1 aliphatic rings. The lowest BCUT2D eigenvalue weighted by molar-refractivity contribution is -0.0159. The zero-order chi connectivity index (χ0) is 8.32. The first-order valence-corrected chi connectivity index (χ1v) is 4.45.